The van der Waals surface area contributed by atoms with Crippen molar-refractivity contribution in [2.75, 3.05) is 5.75 Å². The van der Waals surface area contributed by atoms with Crippen LogP contribution in [0.1, 0.15) is 75.6 Å². The Kier molecular flexibility index (Phi) is 9.68. The van der Waals surface area contributed by atoms with Gasteiger partial charge in [0.25, 0.3) is 5.91 Å². The summed E-state index contributed by atoms with van der Waals surface area (Å²) in [6.45, 7) is 8.85. The lowest BCUT2D eigenvalue weighted by Crippen LogP contribution is -2.41. The molecule has 186 valence electrons. The number of rotatable bonds is 9. The molecule has 0 spiro atoms. The zero-order valence-corrected chi connectivity index (χ0v) is 22.4. The Labute approximate surface area is 215 Å². The third kappa shape index (κ3) is 6.67. The van der Waals surface area contributed by atoms with Gasteiger partial charge >= 0.3 is 0 Å². The highest BCUT2D eigenvalue weighted by atomic mass is 35.5. The first-order chi connectivity index (χ1) is 16.2. The summed E-state index contributed by atoms with van der Waals surface area (Å²) in [5, 5.41) is 16.4. The second-order valence-electron chi connectivity index (χ2n) is 9.13. The molecule has 7 nitrogen and oxygen atoms in total. The first kappa shape index (κ1) is 26.8. The van der Waals surface area contributed by atoms with Crippen molar-refractivity contribution >= 4 is 46.8 Å². The minimum Gasteiger partial charge on any atom is -0.352 e. The largest absolute Gasteiger partial charge is 0.352 e. The Balaban J connectivity index is 1.69. The molecule has 3 rings (SSSR count). The molecule has 34 heavy (non-hydrogen) atoms. The maximum Gasteiger partial charge on any atom is 0.251 e. The van der Waals surface area contributed by atoms with Gasteiger partial charge in [0.1, 0.15) is 0 Å². The number of nitrogens with zero attached hydrogens (tertiary/aromatic N) is 3. The Morgan fingerprint density at radius 2 is 1.91 bits per heavy atom. The second-order valence-corrected chi connectivity index (χ2v) is 10.9. The van der Waals surface area contributed by atoms with Gasteiger partial charge in [-0.05, 0) is 49.8 Å². The number of amides is 2. The number of halogens is 2. The normalized spacial score (nSPS) is 19.1. The standard InChI is InChI=1S/C24H33Cl2N5O2S/c1-5-31-22(21(14(2)3)28-23(33)16-10-11-17(25)18(26)12-16)29-30-24(31)34-13-20(32)27-19-9-7-6-8-15(19)4/h10-12,14-15,19,21H,5-9,13H2,1-4H3,(H,27,32)(H,28,33)/t15-,19-,21+/m1/s1. The predicted molar refractivity (Wildman–Crippen MR) is 137 cm³/mol. The van der Waals surface area contributed by atoms with E-state index in [2.05, 4.69) is 27.8 Å². The molecule has 1 heterocycles. The molecule has 1 fully saturated rings. The maximum absolute atomic E-state index is 12.9. The summed E-state index contributed by atoms with van der Waals surface area (Å²) in [6.07, 6.45) is 4.61. The van der Waals surface area contributed by atoms with Crippen LogP contribution in [-0.4, -0.2) is 38.4 Å². The van der Waals surface area contributed by atoms with Crippen LogP contribution in [-0.2, 0) is 11.3 Å². The molecule has 3 atom stereocenters. The molecule has 1 aromatic heterocycles. The Hall–Kier alpha value is -1.77. The van der Waals surface area contributed by atoms with E-state index in [0.717, 1.165) is 12.8 Å². The summed E-state index contributed by atoms with van der Waals surface area (Å²) < 4.78 is 1.96. The summed E-state index contributed by atoms with van der Waals surface area (Å²) in [7, 11) is 0. The molecule has 1 aliphatic carbocycles. The third-order valence-electron chi connectivity index (χ3n) is 6.27. The van der Waals surface area contributed by atoms with E-state index in [1.54, 1.807) is 18.2 Å². The number of hydrogen-bond donors (Lipinski definition) is 2. The molecule has 0 saturated heterocycles. The van der Waals surface area contributed by atoms with Crippen molar-refractivity contribution in [2.24, 2.45) is 11.8 Å². The van der Waals surface area contributed by atoms with Gasteiger partial charge in [0.2, 0.25) is 5.91 Å². The van der Waals surface area contributed by atoms with E-state index >= 15 is 0 Å². The zero-order valence-electron chi connectivity index (χ0n) is 20.1. The molecule has 0 bridgehead atoms. The van der Waals surface area contributed by atoms with Crippen molar-refractivity contribution in [3.63, 3.8) is 0 Å². The molecule has 0 radical (unpaired) electrons. The van der Waals surface area contributed by atoms with Crippen LogP contribution in [0.4, 0.5) is 0 Å². The average Bonchev–Trinajstić information content (AvgIpc) is 3.21. The van der Waals surface area contributed by atoms with E-state index in [-0.39, 0.29) is 35.6 Å². The fraction of sp³-hybridized carbons (Fsp3) is 0.583. The highest BCUT2D eigenvalue weighted by Gasteiger charge is 2.27. The predicted octanol–water partition coefficient (Wildman–Crippen LogP) is 5.52. The summed E-state index contributed by atoms with van der Waals surface area (Å²) in [6, 6.07) is 4.68. The van der Waals surface area contributed by atoms with E-state index < -0.39 is 0 Å². The molecule has 1 saturated carbocycles. The molecule has 0 unspecified atom stereocenters. The first-order valence-electron chi connectivity index (χ1n) is 11.8. The Morgan fingerprint density at radius 3 is 2.56 bits per heavy atom. The summed E-state index contributed by atoms with van der Waals surface area (Å²) in [5.74, 6) is 1.27. The van der Waals surface area contributed by atoms with Crippen LogP contribution in [0.2, 0.25) is 10.0 Å². The number of hydrogen-bond acceptors (Lipinski definition) is 5. The van der Waals surface area contributed by atoms with Crippen molar-refractivity contribution < 1.29 is 9.59 Å². The molecular weight excluding hydrogens is 493 g/mol. The molecule has 0 aliphatic heterocycles. The topological polar surface area (TPSA) is 88.9 Å². The Bertz CT molecular complexity index is 1010. The SMILES string of the molecule is CCn1c(SCC(=O)N[C@@H]2CCCC[C@H]2C)nnc1[C@@H](NC(=O)c1ccc(Cl)c(Cl)c1)C(C)C. The first-order valence-corrected chi connectivity index (χ1v) is 13.6. The van der Waals surface area contributed by atoms with Crippen LogP contribution in [0, 0.1) is 11.8 Å². The van der Waals surface area contributed by atoms with Gasteiger partial charge in [0.05, 0.1) is 21.8 Å². The van der Waals surface area contributed by atoms with Crippen LogP contribution >= 0.6 is 35.0 Å². The fourth-order valence-electron chi connectivity index (χ4n) is 4.23. The van der Waals surface area contributed by atoms with Crippen molar-refractivity contribution in [1.29, 1.82) is 0 Å². The minimum atomic E-state index is -0.360. The molecule has 1 aliphatic rings. The average molecular weight is 527 g/mol. The van der Waals surface area contributed by atoms with Crippen molar-refractivity contribution in [2.45, 2.75) is 77.2 Å². The summed E-state index contributed by atoms with van der Waals surface area (Å²) in [5.41, 5.74) is 0.422. The third-order valence-corrected chi connectivity index (χ3v) is 7.97. The van der Waals surface area contributed by atoms with Gasteiger partial charge in [-0.1, -0.05) is 68.6 Å². The monoisotopic (exact) mass is 525 g/mol. The number of aromatic nitrogens is 3. The molecule has 2 amide bonds. The van der Waals surface area contributed by atoms with Crippen molar-refractivity contribution in [3.8, 4) is 0 Å². The number of thioether (sulfide) groups is 1. The number of carbonyl (C=O) groups excluding carboxylic acids is 2. The van der Waals surface area contributed by atoms with Crippen LogP contribution in [0.5, 0.6) is 0 Å². The van der Waals surface area contributed by atoms with Gasteiger partial charge in [-0.25, -0.2) is 0 Å². The van der Waals surface area contributed by atoms with Gasteiger partial charge in [-0.3, -0.25) is 9.59 Å². The lowest BCUT2D eigenvalue weighted by atomic mass is 9.86. The van der Waals surface area contributed by atoms with E-state index in [1.807, 2.05) is 25.3 Å². The van der Waals surface area contributed by atoms with Crippen LogP contribution in [0.25, 0.3) is 0 Å². The van der Waals surface area contributed by atoms with Gasteiger partial charge in [0.15, 0.2) is 11.0 Å². The summed E-state index contributed by atoms with van der Waals surface area (Å²) in [4.78, 5) is 25.5. The van der Waals surface area contributed by atoms with Crippen LogP contribution < -0.4 is 10.6 Å². The van der Waals surface area contributed by atoms with E-state index in [0.29, 0.717) is 39.1 Å². The van der Waals surface area contributed by atoms with E-state index in [9.17, 15) is 9.59 Å². The van der Waals surface area contributed by atoms with Crippen LogP contribution in [0.3, 0.4) is 0 Å². The van der Waals surface area contributed by atoms with Crippen molar-refractivity contribution in [3.05, 3.63) is 39.6 Å². The number of benzene rings is 1. The quantitative estimate of drug-likeness (QED) is 0.420. The number of carbonyl (C=O) groups is 2. The molecule has 1 aromatic carbocycles. The Morgan fingerprint density at radius 1 is 1.18 bits per heavy atom. The highest BCUT2D eigenvalue weighted by Crippen LogP contribution is 2.28. The molecule has 2 N–H and O–H groups in total. The number of nitrogens with one attached hydrogen (secondary N) is 2. The zero-order chi connectivity index (χ0) is 24.8. The molecule has 10 heteroatoms. The van der Waals surface area contributed by atoms with Gasteiger partial charge in [0, 0.05) is 18.2 Å². The smallest absolute Gasteiger partial charge is 0.251 e. The second kappa shape index (κ2) is 12.3. The van der Waals surface area contributed by atoms with E-state index in [4.69, 9.17) is 23.2 Å². The lowest BCUT2D eigenvalue weighted by Gasteiger charge is -2.29. The van der Waals surface area contributed by atoms with Gasteiger partial charge < -0.3 is 15.2 Å². The van der Waals surface area contributed by atoms with Gasteiger partial charge in [-0.15, -0.1) is 10.2 Å². The minimum absolute atomic E-state index is 0.0179. The highest BCUT2D eigenvalue weighted by molar-refractivity contribution is 7.99. The van der Waals surface area contributed by atoms with Crippen molar-refractivity contribution in [1.82, 2.24) is 25.4 Å². The van der Waals surface area contributed by atoms with E-state index in [1.165, 1.54) is 24.6 Å². The lowest BCUT2D eigenvalue weighted by molar-refractivity contribution is -0.119. The molecule has 2 aromatic rings. The van der Waals surface area contributed by atoms with Crippen LogP contribution in [0.15, 0.2) is 23.4 Å². The molecular formula is C24H33Cl2N5O2S. The van der Waals surface area contributed by atoms with Gasteiger partial charge in [-0.2, -0.15) is 0 Å². The fourth-order valence-corrected chi connectivity index (χ4v) is 5.35. The summed E-state index contributed by atoms with van der Waals surface area (Å²) >= 11 is 13.4. The maximum atomic E-state index is 12.9.